The Bertz CT molecular complexity index is 765. The van der Waals surface area contributed by atoms with Crippen molar-refractivity contribution in [3.8, 4) is 0 Å². The summed E-state index contributed by atoms with van der Waals surface area (Å²) in [6, 6.07) is 13.8. The first-order chi connectivity index (χ1) is 10.1. The monoisotopic (exact) mass is 279 g/mol. The summed E-state index contributed by atoms with van der Waals surface area (Å²) in [5, 5.41) is 4.27. The topological polar surface area (TPSA) is 67.1 Å². The molecule has 3 rings (SSSR count). The van der Waals surface area contributed by atoms with Crippen LogP contribution in [0.25, 0.3) is 10.9 Å². The van der Waals surface area contributed by atoms with E-state index in [1.54, 1.807) is 0 Å². The van der Waals surface area contributed by atoms with Gasteiger partial charge >= 0.3 is 0 Å². The summed E-state index contributed by atoms with van der Waals surface area (Å²) in [4.78, 5) is 10.6. The van der Waals surface area contributed by atoms with Gasteiger partial charge in [-0.05, 0) is 42.5 Å². The highest BCUT2D eigenvalue weighted by Crippen LogP contribution is 2.25. The molecule has 0 radical (unpaired) electrons. The lowest BCUT2D eigenvalue weighted by Gasteiger charge is -2.13. The Morgan fingerprint density at radius 1 is 1.00 bits per heavy atom. The first-order valence-electron chi connectivity index (χ1n) is 6.68. The molecule has 2 aromatic carbocycles. The number of hydrogen-bond acceptors (Lipinski definition) is 5. The molecular weight excluding hydrogens is 262 g/mol. The Kier molecular flexibility index (Phi) is 3.31. The van der Waals surface area contributed by atoms with Gasteiger partial charge in [0.1, 0.15) is 12.1 Å². The molecule has 3 N–H and O–H groups in total. The molecule has 0 saturated carbocycles. The van der Waals surface area contributed by atoms with Crippen LogP contribution in [0.4, 0.5) is 22.9 Å². The number of nitrogen functional groups attached to an aromatic ring is 1. The molecule has 0 aliphatic carbocycles. The molecule has 1 aromatic heterocycles. The van der Waals surface area contributed by atoms with Crippen LogP contribution in [0.15, 0.2) is 48.8 Å². The quantitative estimate of drug-likeness (QED) is 0.721. The number of nitrogens with one attached hydrogen (secondary N) is 1. The van der Waals surface area contributed by atoms with Crippen molar-refractivity contribution in [2.75, 3.05) is 30.0 Å². The third kappa shape index (κ3) is 2.72. The van der Waals surface area contributed by atoms with E-state index in [1.807, 2.05) is 44.4 Å². The van der Waals surface area contributed by atoms with Crippen molar-refractivity contribution in [2.24, 2.45) is 0 Å². The van der Waals surface area contributed by atoms with Gasteiger partial charge in [-0.2, -0.15) is 0 Å². The first-order valence-corrected chi connectivity index (χ1v) is 6.68. The minimum Gasteiger partial charge on any atom is -0.399 e. The Hall–Kier alpha value is -2.82. The van der Waals surface area contributed by atoms with E-state index in [1.165, 1.54) is 6.33 Å². The Morgan fingerprint density at radius 3 is 2.48 bits per heavy atom. The predicted octanol–water partition coefficient (Wildman–Crippen LogP) is 3.02. The van der Waals surface area contributed by atoms with Crippen LogP contribution in [0.5, 0.6) is 0 Å². The lowest BCUT2D eigenvalue weighted by atomic mass is 10.2. The van der Waals surface area contributed by atoms with Gasteiger partial charge in [-0.25, -0.2) is 9.97 Å². The number of rotatable bonds is 3. The highest BCUT2D eigenvalue weighted by atomic mass is 15.1. The third-order valence-electron chi connectivity index (χ3n) is 3.31. The molecule has 0 saturated heterocycles. The molecule has 1 heterocycles. The van der Waals surface area contributed by atoms with Gasteiger partial charge in [0.05, 0.1) is 5.52 Å². The minimum absolute atomic E-state index is 0.697. The molecule has 3 aromatic rings. The normalized spacial score (nSPS) is 10.6. The lowest BCUT2D eigenvalue weighted by Crippen LogP contribution is -2.08. The highest BCUT2D eigenvalue weighted by molar-refractivity contribution is 5.92. The maximum absolute atomic E-state index is 5.79. The minimum atomic E-state index is 0.697. The van der Waals surface area contributed by atoms with Crippen LogP contribution in [0.1, 0.15) is 0 Å². The molecular formula is C16H17N5. The maximum Gasteiger partial charge on any atom is 0.141 e. The van der Waals surface area contributed by atoms with E-state index in [-0.39, 0.29) is 0 Å². The standard InChI is InChI=1S/C16H17N5/c1-21(2)13-6-4-12(5-7-13)20-16-14-8-3-11(17)9-15(14)18-10-19-16/h3-10H,17H2,1-2H3,(H,18,19,20). The number of benzene rings is 2. The molecule has 0 spiro atoms. The Morgan fingerprint density at radius 2 is 1.76 bits per heavy atom. The van der Waals surface area contributed by atoms with E-state index < -0.39 is 0 Å². The van der Waals surface area contributed by atoms with Gasteiger partial charge in [-0.3, -0.25) is 0 Å². The van der Waals surface area contributed by atoms with Crippen molar-refractivity contribution in [3.05, 3.63) is 48.8 Å². The predicted molar refractivity (Wildman–Crippen MR) is 88.0 cm³/mol. The van der Waals surface area contributed by atoms with Gasteiger partial charge < -0.3 is 16.0 Å². The van der Waals surface area contributed by atoms with Crippen molar-refractivity contribution < 1.29 is 0 Å². The van der Waals surface area contributed by atoms with Crippen LogP contribution in [-0.2, 0) is 0 Å². The second-order valence-corrected chi connectivity index (χ2v) is 5.07. The van der Waals surface area contributed by atoms with Crippen LogP contribution in [-0.4, -0.2) is 24.1 Å². The summed E-state index contributed by atoms with van der Waals surface area (Å²) < 4.78 is 0. The van der Waals surface area contributed by atoms with E-state index >= 15 is 0 Å². The zero-order valence-corrected chi connectivity index (χ0v) is 12.0. The van der Waals surface area contributed by atoms with Crippen molar-refractivity contribution >= 4 is 33.8 Å². The summed E-state index contributed by atoms with van der Waals surface area (Å²) in [6.45, 7) is 0. The summed E-state index contributed by atoms with van der Waals surface area (Å²) in [5.41, 5.74) is 9.45. The average molecular weight is 279 g/mol. The van der Waals surface area contributed by atoms with Gasteiger partial charge in [0.25, 0.3) is 0 Å². The van der Waals surface area contributed by atoms with Crippen LogP contribution in [0.2, 0.25) is 0 Å². The smallest absolute Gasteiger partial charge is 0.141 e. The van der Waals surface area contributed by atoms with Gasteiger partial charge in [0.2, 0.25) is 0 Å². The number of hydrogen-bond donors (Lipinski definition) is 2. The van der Waals surface area contributed by atoms with Crippen LogP contribution < -0.4 is 16.0 Å². The molecule has 0 amide bonds. The van der Waals surface area contributed by atoms with Gasteiger partial charge in [-0.1, -0.05) is 0 Å². The Labute approximate surface area is 123 Å². The van der Waals surface area contributed by atoms with Gasteiger partial charge in [0, 0.05) is 36.5 Å². The number of fused-ring (bicyclic) bond motifs is 1. The van der Waals surface area contributed by atoms with Crippen LogP contribution in [0.3, 0.4) is 0 Å². The molecule has 5 heteroatoms. The molecule has 0 unspecified atom stereocenters. The summed E-state index contributed by atoms with van der Waals surface area (Å²) >= 11 is 0. The van der Waals surface area contributed by atoms with Crippen LogP contribution >= 0.6 is 0 Å². The second kappa shape index (κ2) is 5.28. The fourth-order valence-electron chi connectivity index (χ4n) is 2.15. The van der Waals surface area contributed by atoms with E-state index in [4.69, 9.17) is 5.73 Å². The second-order valence-electron chi connectivity index (χ2n) is 5.07. The molecule has 0 fully saturated rings. The molecule has 5 nitrogen and oxygen atoms in total. The molecule has 0 bridgehead atoms. The SMILES string of the molecule is CN(C)c1ccc(Nc2ncnc3cc(N)ccc23)cc1. The summed E-state index contributed by atoms with van der Waals surface area (Å²) in [6.07, 6.45) is 1.54. The van der Waals surface area contributed by atoms with Crippen molar-refractivity contribution in [2.45, 2.75) is 0 Å². The van der Waals surface area contributed by atoms with E-state index in [2.05, 4.69) is 32.3 Å². The summed E-state index contributed by atoms with van der Waals surface area (Å²) in [5.74, 6) is 0.776. The largest absolute Gasteiger partial charge is 0.399 e. The first kappa shape index (κ1) is 13.2. The number of nitrogens with two attached hydrogens (primary N) is 1. The zero-order valence-electron chi connectivity index (χ0n) is 12.0. The van der Waals surface area contributed by atoms with Gasteiger partial charge in [0.15, 0.2) is 0 Å². The molecule has 21 heavy (non-hydrogen) atoms. The number of aromatic nitrogens is 2. The zero-order chi connectivity index (χ0) is 14.8. The fraction of sp³-hybridized carbons (Fsp3) is 0.125. The summed E-state index contributed by atoms with van der Waals surface area (Å²) in [7, 11) is 4.04. The molecule has 0 atom stereocenters. The van der Waals surface area contributed by atoms with Crippen LogP contribution in [0, 0.1) is 0 Å². The van der Waals surface area contributed by atoms with E-state index in [9.17, 15) is 0 Å². The molecule has 106 valence electrons. The molecule has 0 aliphatic heterocycles. The van der Waals surface area contributed by atoms with Gasteiger partial charge in [-0.15, -0.1) is 0 Å². The highest BCUT2D eigenvalue weighted by Gasteiger charge is 2.04. The Balaban J connectivity index is 1.94. The lowest BCUT2D eigenvalue weighted by molar-refractivity contribution is 1.13. The maximum atomic E-state index is 5.79. The van der Waals surface area contributed by atoms with Crippen molar-refractivity contribution in [1.82, 2.24) is 9.97 Å². The van der Waals surface area contributed by atoms with Crippen molar-refractivity contribution in [3.63, 3.8) is 0 Å². The number of anilines is 4. The molecule has 0 aliphatic rings. The number of nitrogens with zero attached hydrogens (tertiary/aromatic N) is 3. The fourth-order valence-corrected chi connectivity index (χ4v) is 2.15. The van der Waals surface area contributed by atoms with E-state index in [0.29, 0.717) is 5.69 Å². The van der Waals surface area contributed by atoms with Crippen molar-refractivity contribution in [1.29, 1.82) is 0 Å². The van der Waals surface area contributed by atoms with E-state index in [0.717, 1.165) is 28.1 Å². The average Bonchev–Trinajstić information content (AvgIpc) is 2.47. The third-order valence-corrected chi connectivity index (χ3v) is 3.31.